The van der Waals surface area contributed by atoms with Crippen molar-refractivity contribution < 1.29 is 21.6 Å². The number of sulfonamides is 1. The topological polar surface area (TPSA) is 58.2 Å². The minimum atomic E-state index is -4.41. The number of hydrogen-bond acceptors (Lipinski definition) is 4. The maximum Gasteiger partial charge on any atom is 0.390 e. The van der Waals surface area contributed by atoms with Crippen LogP contribution in [0.25, 0.3) is 0 Å². The van der Waals surface area contributed by atoms with Gasteiger partial charge in [0.25, 0.3) is 0 Å². The third-order valence-corrected chi connectivity index (χ3v) is 6.28. The Labute approximate surface area is 134 Å². The van der Waals surface area contributed by atoms with Gasteiger partial charge in [0.15, 0.2) is 0 Å². The van der Waals surface area contributed by atoms with Gasteiger partial charge >= 0.3 is 6.18 Å². The lowest BCUT2D eigenvalue weighted by Crippen LogP contribution is -2.35. The third-order valence-electron chi connectivity index (χ3n) is 2.44. The van der Waals surface area contributed by atoms with Crippen LogP contribution in [0.15, 0.2) is 14.7 Å². The molecule has 0 aromatic carbocycles. The van der Waals surface area contributed by atoms with Crippen LogP contribution in [0.3, 0.4) is 0 Å². The van der Waals surface area contributed by atoms with Crippen molar-refractivity contribution in [1.29, 1.82) is 0 Å². The summed E-state index contributed by atoms with van der Waals surface area (Å²) in [5, 5.41) is 3.05. The summed E-state index contributed by atoms with van der Waals surface area (Å²) in [6.45, 7) is 4.34. The number of nitrogens with one attached hydrogen (secondary N) is 2. The van der Waals surface area contributed by atoms with Crippen LogP contribution in [0.4, 0.5) is 13.2 Å². The maximum atomic E-state index is 12.3. The summed E-state index contributed by atoms with van der Waals surface area (Å²) in [6.07, 6.45) is -5.62. The first kappa shape index (κ1) is 18.9. The Morgan fingerprint density at radius 2 is 2.05 bits per heavy atom. The Balaban J connectivity index is 2.85. The fourth-order valence-electron chi connectivity index (χ4n) is 1.63. The van der Waals surface area contributed by atoms with Crippen LogP contribution in [0.2, 0.25) is 0 Å². The van der Waals surface area contributed by atoms with Crippen LogP contribution < -0.4 is 10.0 Å². The van der Waals surface area contributed by atoms with Gasteiger partial charge in [-0.15, -0.1) is 11.3 Å². The van der Waals surface area contributed by atoms with Gasteiger partial charge in [0.1, 0.15) is 4.90 Å². The zero-order chi connectivity index (χ0) is 16.3. The first-order chi connectivity index (χ1) is 9.55. The number of hydrogen-bond donors (Lipinski definition) is 2. The smallest absolute Gasteiger partial charge is 0.312 e. The van der Waals surface area contributed by atoms with E-state index < -0.39 is 28.7 Å². The van der Waals surface area contributed by atoms with E-state index in [1.54, 1.807) is 0 Å². The van der Waals surface area contributed by atoms with Gasteiger partial charge in [-0.05, 0) is 35.5 Å². The van der Waals surface area contributed by atoms with E-state index in [1.807, 2.05) is 11.6 Å². The molecule has 0 saturated heterocycles. The first-order valence-electron chi connectivity index (χ1n) is 6.13. The standard InChI is InChI=1S/C11H16BrF3N2O2S2/c1-3-16-6-8-4-9(10(12)20-8)21(18,19)17-7(2)5-11(13,14)15/h4,7,16-17H,3,5-6H2,1-2H3. The van der Waals surface area contributed by atoms with Gasteiger partial charge in [-0.2, -0.15) is 13.2 Å². The van der Waals surface area contributed by atoms with Crippen molar-refractivity contribution in [2.45, 2.75) is 43.9 Å². The number of alkyl halides is 3. The van der Waals surface area contributed by atoms with Crippen molar-refractivity contribution in [3.63, 3.8) is 0 Å². The highest BCUT2D eigenvalue weighted by molar-refractivity contribution is 9.11. The molecule has 0 spiro atoms. The van der Waals surface area contributed by atoms with Crippen LogP contribution in [0.5, 0.6) is 0 Å². The molecule has 1 rings (SSSR count). The molecule has 1 aromatic heterocycles. The van der Waals surface area contributed by atoms with Gasteiger partial charge in [0, 0.05) is 17.5 Å². The second-order valence-corrected chi connectivity index (χ2v) is 8.61. The Morgan fingerprint density at radius 1 is 1.43 bits per heavy atom. The largest absolute Gasteiger partial charge is 0.390 e. The molecule has 0 amide bonds. The highest BCUT2D eigenvalue weighted by Crippen LogP contribution is 2.32. The molecule has 21 heavy (non-hydrogen) atoms. The molecule has 122 valence electrons. The Morgan fingerprint density at radius 3 is 2.57 bits per heavy atom. The predicted molar refractivity (Wildman–Crippen MR) is 79.9 cm³/mol. The second-order valence-electron chi connectivity index (χ2n) is 4.47. The van der Waals surface area contributed by atoms with Crippen LogP contribution in [-0.2, 0) is 16.6 Å². The summed E-state index contributed by atoms with van der Waals surface area (Å²) in [5.74, 6) is 0. The Kier molecular flexibility index (Phi) is 6.66. The van der Waals surface area contributed by atoms with Gasteiger partial charge < -0.3 is 5.32 Å². The van der Waals surface area contributed by atoms with Crippen LogP contribution >= 0.6 is 27.3 Å². The molecule has 1 heterocycles. The molecular formula is C11H16BrF3N2O2S2. The van der Waals surface area contributed by atoms with E-state index in [1.165, 1.54) is 24.3 Å². The summed E-state index contributed by atoms with van der Waals surface area (Å²) in [4.78, 5) is 0.752. The SMILES string of the molecule is CCNCc1cc(S(=O)(=O)NC(C)CC(F)(F)F)c(Br)s1. The summed E-state index contributed by atoms with van der Waals surface area (Å²) < 4.78 is 63.4. The molecule has 1 unspecified atom stereocenters. The summed E-state index contributed by atoms with van der Waals surface area (Å²) >= 11 is 4.38. The number of halogens is 4. The van der Waals surface area contributed by atoms with Crippen molar-refractivity contribution >= 4 is 37.3 Å². The van der Waals surface area contributed by atoms with E-state index in [0.29, 0.717) is 10.3 Å². The monoisotopic (exact) mass is 408 g/mol. The van der Waals surface area contributed by atoms with Crippen molar-refractivity contribution in [2.24, 2.45) is 0 Å². The summed E-state index contributed by atoms with van der Waals surface area (Å²) in [7, 11) is -3.98. The van der Waals surface area contributed by atoms with E-state index in [4.69, 9.17) is 0 Å². The van der Waals surface area contributed by atoms with Crippen molar-refractivity contribution in [2.75, 3.05) is 6.54 Å². The third kappa shape index (κ3) is 6.23. The Hall–Kier alpha value is -0.160. The van der Waals surface area contributed by atoms with Gasteiger partial charge in [0.2, 0.25) is 10.0 Å². The van der Waals surface area contributed by atoms with Gasteiger partial charge in [-0.25, -0.2) is 13.1 Å². The van der Waals surface area contributed by atoms with Crippen LogP contribution in [-0.4, -0.2) is 27.2 Å². The predicted octanol–water partition coefficient (Wildman–Crippen LogP) is 3.24. The van der Waals surface area contributed by atoms with E-state index in [2.05, 4.69) is 21.2 Å². The Bertz CT molecular complexity index is 573. The summed E-state index contributed by atoms with van der Waals surface area (Å²) in [5.41, 5.74) is 0. The molecule has 0 radical (unpaired) electrons. The van der Waals surface area contributed by atoms with Gasteiger partial charge in [-0.3, -0.25) is 0 Å². The molecule has 1 atom stereocenters. The fraction of sp³-hybridized carbons (Fsp3) is 0.636. The average molecular weight is 409 g/mol. The molecule has 0 aliphatic carbocycles. The van der Waals surface area contributed by atoms with Gasteiger partial charge in [-0.1, -0.05) is 6.92 Å². The quantitative estimate of drug-likeness (QED) is 0.727. The molecule has 0 fully saturated rings. The van der Waals surface area contributed by atoms with E-state index >= 15 is 0 Å². The molecule has 2 N–H and O–H groups in total. The van der Waals surface area contributed by atoms with Crippen LogP contribution in [0, 0.1) is 0 Å². The second kappa shape index (κ2) is 7.40. The zero-order valence-electron chi connectivity index (χ0n) is 11.4. The molecule has 1 aromatic rings. The highest BCUT2D eigenvalue weighted by Gasteiger charge is 2.32. The van der Waals surface area contributed by atoms with Crippen molar-refractivity contribution in [3.05, 3.63) is 14.7 Å². The molecule has 0 bridgehead atoms. The molecule has 4 nitrogen and oxygen atoms in total. The fourth-order valence-corrected chi connectivity index (χ4v) is 5.53. The van der Waals surface area contributed by atoms with Crippen molar-refractivity contribution in [1.82, 2.24) is 10.0 Å². The lowest BCUT2D eigenvalue weighted by Gasteiger charge is -2.15. The molecule has 0 aliphatic rings. The van der Waals surface area contributed by atoms with Gasteiger partial charge in [0.05, 0.1) is 10.2 Å². The number of rotatable bonds is 7. The number of thiophene rings is 1. The minimum Gasteiger partial charge on any atom is -0.312 e. The lowest BCUT2D eigenvalue weighted by molar-refractivity contribution is -0.137. The average Bonchev–Trinajstić information content (AvgIpc) is 2.65. The summed E-state index contributed by atoms with van der Waals surface area (Å²) in [6, 6.07) is 0.235. The first-order valence-corrected chi connectivity index (χ1v) is 9.22. The normalized spacial score (nSPS) is 14.4. The highest BCUT2D eigenvalue weighted by atomic mass is 79.9. The van der Waals surface area contributed by atoms with Crippen LogP contribution in [0.1, 0.15) is 25.1 Å². The van der Waals surface area contributed by atoms with E-state index in [0.717, 1.165) is 11.4 Å². The molecular weight excluding hydrogens is 393 g/mol. The molecule has 0 aliphatic heterocycles. The van der Waals surface area contributed by atoms with E-state index in [9.17, 15) is 21.6 Å². The van der Waals surface area contributed by atoms with E-state index in [-0.39, 0.29) is 4.90 Å². The van der Waals surface area contributed by atoms with Crippen molar-refractivity contribution in [3.8, 4) is 0 Å². The maximum absolute atomic E-state index is 12.3. The minimum absolute atomic E-state index is 0.0329. The zero-order valence-corrected chi connectivity index (χ0v) is 14.6. The molecule has 10 heteroatoms. The lowest BCUT2D eigenvalue weighted by atomic mass is 10.2. The molecule has 0 saturated carbocycles.